The van der Waals surface area contributed by atoms with Gasteiger partial charge in [0.25, 0.3) is 0 Å². The maximum atomic E-state index is 5.13. The van der Waals surface area contributed by atoms with Crippen molar-refractivity contribution in [3.63, 3.8) is 0 Å². The van der Waals surface area contributed by atoms with Crippen molar-refractivity contribution in [3.8, 4) is 5.88 Å². The molecule has 0 fully saturated rings. The number of hydrogen-bond acceptors (Lipinski definition) is 3. The fourth-order valence-electron chi connectivity index (χ4n) is 2.14. The lowest BCUT2D eigenvalue weighted by Gasteiger charge is -2.22. The number of hydrogen-bond donors (Lipinski definition) is 1. The number of aromatic nitrogens is 1. The molecule has 1 rings (SSSR count). The van der Waals surface area contributed by atoms with Crippen LogP contribution >= 0.6 is 0 Å². The van der Waals surface area contributed by atoms with Crippen molar-refractivity contribution in [2.75, 3.05) is 27.7 Å². The smallest absolute Gasteiger partial charge is 0.213 e. The molecule has 22 heavy (non-hydrogen) atoms. The van der Waals surface area contributed by atoms with E-state index in [1.54, 1.807) is 14.2 Å². The second-order valence-electron chi connectivity index (χ2n) is 5.13. The van der Waals surface area contributed by atoms with Crippen LogP contribution in [0.1, 0.15) is 31.4 Å². The van der Waals surface area contributed by atoms with Crippen LogP contribution in [0.4, 0.5) is 0 Å². The number of nitrogens with zero attached hydrogens (tertiary/aromatic N) is 3. The van der Waals surface area contributed by atoms with Gasteiger partial charge in [-0.05, 0) is 25.3 Å². The van der Waals surface area contributed by atoms with E-state index in [9.17, 15) is 0 Å². The fourth-order valence-corrected chi connectivity index (χ4v) is 2.14. The zero-order valence-electron chi connectivity index (χ0n) is 14.0. The molecule has 5 heteroatoms. The van der Waals surface area contributed by atoms with Gasteiger partial charge in [-0.3, -0.25) is 4.99 Å². The van der Waals surface area contributed by atoms with E-state index in [0.29, 0.717) is 12.4 Å². The minimum atomic E-state index is 0.630. The van der Waals surface area contributed by atoms with Crippen LogP contribution in [-0.2, 0) is 6.54 Å². The minimum Gasteiger partial charge on any atom is -0.481 e. The number of methoxy groups -OCH3 is 1. The monoisotopic (exact) mass is 304 g/mol. The predicted octanol–water partition coefficient (Wildman–Crippen LogP) is 2.84. The number of aliphatic imine (C=N–C) groups is 1. The quantitative estimate of drug-likeness (QED) is 0.330. The molecule has 0 aliphatic carbocycles. The molecule has 0 radical (unpaired) electrons. The van der Waals surface area contributed by atoms with Crippen molar-refractivity contribution in [1.82, 2.24) is 15.2 Å². The summed E-state index contributed by atoms with van der Waals surface area (Å²) in [5, 5.41) is 3.33. The third-order valence-electron chi connectivity index (χ3n) is 3.39. The molecular formula is C17H28N4O. The summed E-state index contributed by atoms with van der Waals surface area (Å²) in [7, 11) is 5.48. The first-order valence-electron chi connectivity index (χ1n) is 7.74. The maximum Gasteiger partial charge on any atom is 0.213 e. The fraction of sp³-hybridized carbons (Fsp3) is 0.529. The lowest BCUT2D eigenvalue weighted by molar-refractivity contribution is 0.395. The van der Waals surface area contributed by atoms with E-state index in [1.807, 2.05) is 24.3 Å². The van der Waals surface area contributed by atoms with E-state index in [2.05, 4.69) is 33.8 Å². The number of allylic oxidation sites excluding steroid dienone is 1. The lowest BCUT2D eigenvalue weighted by atomic mass is 10.2. The molecule has 0 spiro atoms. The Bertz CT molecular complexity index is 473. The molecule has 5 nitrogen and oxygen atoms in total. The summed E-state index contributed by atoms with van der Waals surface area (Å²) in [6, 6.07) is 5.75. The summed E-state index contributed by atoms with van der Waals surface area (Å²) in [5.41, 5.74) is 0.930. The van der Waals surface area contributed by atoms with Gasteiger partial charge in [0.2, 0.25) is 5.88 Å². The molecule has 0 aromatic carbocycles. The van der Waals surface area contributed by atoms with Gasteiger partial charge in [0, 0.05) is 26.7 Å². The summed E-state index contributed by atoms with van der Waals surface area (Å²) >= 11 is 0. The molecule has 0 unspecified atom stereocenters. The first-order chi connectivity index (χ1) is 10.7. The Hall–Kier alpha value is -2.04. The molecule has 0 bridgehead atoms. The van der Waals surface area contributed by atoms with Crippen LogP contribution in [0.2, 0.25) is 0 Å². The summed E-state index contributed by atoms with van der Waals surface area (Å²) < 4.78 is 5.13. The van der Waals surface area contributed by atoms with Gasteiger partial charge in [-0.15, -0.1) is 6.58 Å². The summed E-state index contributed by atoms with van der Waals surface area (Å²) in [6.07, 6.45) is 6.65. The molecular weight excluding hydrogens is 276 g/mol. The van der Waals surface area contributed by atoms with E-state index < -0.39 is 0 Å². The van der Waals surface area contributed by atoms with Crippen LogP contribution in [0.5, 0.6) is 5.88 Å². The normalized spacial score (nSPS) is 11.1. The van der Waals surface area contributed by atoms with Gasteiger partial charge >= 0.3 is 0 Å². The van der Waals surface area contributed by atoms with Gasteiger partial charge in [0.15, 0.2) is 5.96 Å². The van der Waals surface area contributed by atoms with E-state index in [1.165, 1.54) is 12.8 Å². The van der Waals surface area contributed by atoms with Crippen LogP contribution in [0.15, 0.2) is 35.8 Å². The number of ether oxygens (including phenoxy) is 1. The Labute approximate surface area is 134 Å². The number of unbranched alkanes of at least 4 members (excludes halogenated alkanes) is 3. The van der Waals surface area contributed by atoms with Crippen molar-refractivity contribution in [2.45, 2.75) is 32.2 Å². The van der Waals surface area contributed by atoms with Gasteiger partial charge in [-0.25, -0.2) is 4.98 Å². The highest BCUT2D eigenvalue weighted by Crippen LogP contribution is 2.06. The van der Waals surface area contributed by atoms with Crippen LogP contribution < -0.4 is 10.1 Å². The zero-order valence-corrected chi connectivity index (χ0v) is 14.0. The van der Waals surface area contributed by atoms with E-state index in [4.69, 9.17) is 4.74 Å². The topological polar surface area (TPSA) is 49.8 Å². The van der Waals surface area contributed by atoms with Crippen LogP contribution in [-0.4, -0.2) is 43.6 Å². The van der Waals surface area contributed by atoms with Gasteiger partial charge in [-0.2, -0.15) is 0 Å². The third-order valence-corrected chi connectivity index (χ3v) is 3.39. The van der Waals surface area contributed by atoms with Crippen molar-refractivity contribution >= 4 is 5.96 Å². The van der Waals surface area contributed by atoms with Crippen molar-refractivity contribution in [2.24, 2.45) is 4.99 Å². The highest BCUT2D eigenvalue weighted by Gasteiger charge is 2.06. The van der Waals surface area contributed by atoms with Crippen molar-refractivity contribution < 1.29 is 4.74 Å². The van der Waals surface area contributed by atoms with E-state index in [0.717, 1.165) is 31.0 Å². The Balaban J connectivity index is 2.38. The molecule has 1 aromatic heterocycles. The van der Waals surface area contributed by atoms with Crippen LogP contribution in [0.25, 0.3) is 0 Å². The molecule has 122 valence electrons. The molecule has 0 saturated heterocycles. The zero-order chi connectivity index (χ0) is 16.2. The maximum absolute atomic E-state index is 5.13. The second-order valence-corrected chi connectivity index (χ2v) is 5.13. The molecule has 0 saturated carbocycles. The Morgan fingerprint density at radius 2 is 2.23 bits per heavy atom. The van der Waals surface area contributed by atoms with Gasteiger partial charge in [0.1, 0.15) is 0 Å². The molecule has 0 amide bonds. The number of guanidine groups is 1. The molecule has 1 N–H and O–H groups in total. The SMILES string of the molecule is C=CCCCCCN(C)C(=NC)NCc1cccc(OC)n1. The Morgan fingerprint density at radius 3 is 2.91 bits per heavy atom. The average molecular weight is 304 g/mol. The average Bonchev–Trinajstić information content (AvgIpc) is 2.55. The first-order valence-corrected chi connectivity index (χ1v) is 7.74. The molecule has 1 heterocycles. The second kappa shape index (κ2) is 10.7. The van der Waals surface area contributed by atoms with Crippen molar-refractivity contribution in [3.05, 3.63) is 36.5 Å². The highest BCUT2D eigenvalue weighted by atomic mass is 16.5. The van der Waals surface area contributed by atoms with Crippen LogP contribution in [0, 0.1) is 0 Å². The standard InChI is InChI=1S/C17H28N4O/c1-5-6-7-8-9-13-21(3)17(18-2)19-14-15-11-10-12-16(20-15)22-4/h5,10-12H,1,6-9,13-14H2,2-4H3,(H,18,19). The molecule has 1 aromatic rings. The Morgan fingerprint density at radius 1 is 1.41 bits per heavy atom. The summed E-state index contributed by atoms with van der Waals surface area (Å²) in [6.45, 7) is 5.36. The first kappa shape index (κ1) is 18.0. The van der Waals surface area contributed by atoms with E-state index in [-0.39, 0.29) is 0 Å². The summed E-state index contributed by atoms with van der Waals surface area (Å²) in [4.78, 5) is 10.8. The number of pyridine rings is 1. The number of nitrogens with one attached hydrogen (secondary N) is 1. The number of rotatable bonds is 9. The molecule has 0 aliphatic rings. The minimum absolute atomic E-state index is 0.630. The molecule has 0 aliphatic heterocycles. The van der Waals surface area contributed by atoms with Crippen LogP contribution in [0.3, 0.4) is 0 Å². The van der Waals surface area contributed by atoms with E-state index >= 15 is 0 Å². The Kier molecular flexibility index (Phi) is 8.72. The van der Waals surface area contributed by atoms with Gasteiger partial charge < -0.3 is 15.0 Å². The largest absolute Gasteiger partial charge is 0.481 e. The highest BCUT2D eigenvalue weighted by molar-refractivity contribution is 5.79. The van der Waals surface area contributed by atoms with Gasteiger partial charge in [-0.1, -0.05) is 18.6 Å². The van der Waals surface area contributed by atoms with Gasteiger partial charge in [0.05, 0.1) is 19.3 Å². The predicted molar refractivity (Wildman–Crippen MR) is 92.3 cm³/mol. The summed E-state index contributed by atoms with van der Waals surface area (Å²) in [5.74, 6) is 1.51. The third kappa shape index (κ3) is 6.61. The lowest BCUT2D eigenvalue weighted by Crippen LogP contribution is -2.39. The molecule has 0 atom stereocenters. The van der Waals surface area contributed by atoms with Crippen molar-refractivity contribution in [1.29, 1.82) is 0 Å².